The summed E-state index contributed by atoms with van der Waals surface area (Å²) in [5, 5.41) is 3.07. The van der Waals surface area contributed by atoms with Crippen LogP contribution in [0.1, 0.15) is 5.56 Å². The van der Waals surface area contributed by atoms with Crippen LogP contribution in [0.3, 0.4) is 0 Å². The largest absolute Gasteiger partial charge is 0.380 e. The predicted molar refractivity (Wildman–Crippen MR) is 73.1 cm³/mol. The van der Waals surface area contributed by atoms with E-state index in [4.69, 9.17) is 0 Å². The number of nitrogens with zero attached hydrogens (tertiary/aromatic N) is 1. The van der Waals surface area contributed by atoms with Gasteiger partial charge in [0, 0.05) is 35.9 Å². The molecule has 0 amide bonds. The van der Waals surface area contributed by atoms with Gasteiger partial charge in [0.2, 0.25) is 5.56 Å². The molecule has 2 rings (SSSR count). The maximum Gasteiger partial charge on any atom is 0.250 e. The van der Waals surface area contributed by atoms with Gasteiger partial charge >= 0.3 is 0 Å². The summed E-state index contributed by atoms with van der Waals surface area (Å²) in [6, 6.07) is 8.09. The zero-order valence-electron chi connectivity index (χ0n) is 9.78. The first-order chi connectivity index (χ1) is 8.56. The molecule has 0 bridgehead atoms. The Labute approximate surface area is 112 Å². The zero-order chi connectivity index (χ0) is 13.1. The van der Waals surface area contributed by atoms with E-state index in [0.717, 1.165) is 5.69 Å². The van der Waals surface area contributed by atoms with Gasteiger partial charge in [-0.15, -0.1) is 0 Å². The lowest BCUT2D eigenvalue weighted by molar-refractivity contribution is 0.612. The first kappa shape index (κ1) is 12.8. The maximum absolute atomic E-state index is 13.6. The fourth-order valence-corrected chi connectivity index (χ4v) is 1.89. The third-order valence-electron chi connectivity index (χ3n) is 2.58. The van der Waals surface area contributed by atoms with Crippen molar-refractivity contribution in [3.63, 3.8) is 0 Å². The summed E-state index contributed by atoms with van der Waals surface area (Å²) in [5.41, 5.74) is 1.28. The summed E-state index contributed by atoms with van der Waals surface area (Å²) in [6.45, 7) is 0.372. The number of benzene rings is 1. The van der Waals surface area contributed by atoms with Crippen LogP contribution in [-0.2, 0) is 13.6 Å². The van der Waals surface area contributed by atoms with Crippen molar-refractivity contribution in [1.29, 1.82) is 0 Å². The minimum absolute atomic E-state index is 0.0737. The van der Waals surface area contributed by atoms with Crippen molar-refractivity contribution in [2.45, 2.75) is 6.54 Å². The second-order valence-corrected chi connectivity index (χ2v) is 4.87. The zero-order valence-corrected chi connectivity index (χ0v) is 11.4. The fraction of sp³-hybridized carbons (Fsp3) is 0.154. The Morgan fingerprint density at radius 2 is 2.11 bits per heavy atom. The highest BCUT2D eigenvalue weighted by atomic mass is 79.9. The van der Waals surface area contributed by atoms with E-state index in [9.17, 15) is 9.18 Å². The van der Waals surface area contributed by atoms with Gasteiger partial charge in [-0.3, -0.25) is 4.79 Å². The van der Waals surface area contributed by atoms with Crippen molar-refractivity contribution in [2.75, 3.05) is 5.32 Å². The summed E-state index contributed by atoms with van der Waals surface area (Å²) in [5.74, 6) is -0.262. The van der Waals surface area contributed by atoms with Gasteiger partial charge in [-0.1, -0.05) is 22.0 Å². The number of anilines is 1. The molecule has 5 heteroatoms. The van der Waals surface area contributed by atoms with Crippen molar-refractivity contribution < 1.29 is 4.39 Å². The number of pyridine rings is 1. The minimum atomic E-state index is -0.262. The van der Waals surface area contributed by atoms with Crippen LogP contribution >= 0.6 is 15.9 Å². The topological polar surface area (TPSA) is 34.0 Å². The van der Waals surface area contributed by atoms with Gasteiger partial charge in [0.1, 0.15) is 5.82 Å². The number of aryl methyl sites for hydroxylation is 1. The van der Waals surface area contributed by atoms with Gasteiger partial charge in [-0.25, -0.2) is 4.39 Å². The molecule has 0 saturated heterocycles. The number of hydrogen-bond donors (Lipinski definition) is 1. The number of nitrogens with one attached hydrogen (secondary N) is 1. The van der Waals surface area contributed by atoms with Gasteiger partial charge in [-0.05, 0) is 18.2 Å². The number of hydrogen-bond acceptors (Lipinski definition) is 2. The molecule has 0 radical (unpaired) electrons. The normalized spacial score (nSPS) is 10.4. The van der Waals surface area contributed by atoms with Gasteiger partial charge in [0.15, 0.2) is 0 Å². The molecule has 0 unspecified atom stereocenters. The van der Waals surface area contributed by atoms with Crippen LogP contribution in [0.2, 0.25) is 0 Å². The molecule has 1 aromatic carbocycles. The molecule has 3 nitrogen and oxygen atoms in total. The average Bonchev–Trinajstić information content (AvgIpc) is 2.32. The molecule has 0 atom stereocenters. The molecule has 0 aliphatic heterocycles. The van der Waals surface area contributed by atoms with Gasteiger partial charge < -0.3 is 9.88 Å². The third kappa shape index (κ3) is 2.98. The van der Waals surface area contributed by atoms with E-state index >= 15 is 0 Å². The molecule has 0 aliphatic carbocycles. The SMILES string of the molecule is Cn1cc(NCc2ccc(Br)cc2F)ccc1=O. The molecular weight excluding hydrogens is 299 g/mol. The second kappa shape index (κ2) is 5.35. The monoisotopic (exact) mass is 310 g/mol. The molecule has 0 fully saturated rings. The molecule has 0 spiro atoms. The van der Waals surface area contributed by atoms with Crippen LogP contribution < -0.4 is 10.9 Å². The van der Waals surface area contributed by atoms with E-state index in [2.05, 4.69) is 21.2 Å². The second-order valence-electron chi connectivity index (χ2n) is 3.96. The Kier molecular flexibility index (Phi) is 3.81. The molecule has 1 aromatic heterocycles. The molecule has 1 N–H and O–H groups in total. The van der Waals surface area contributed by atoms with Crippen molar-refractivity contribution in [3.8, 4) is 0 Å². The lowest BCUT2D eigenvalue weighted by atomic mass is 10.2. The molecule has 18 heavy (non-hydrogen) atoms. The van der Waals surface area contributed by atoms with Gasteiger partial charge in [-0.2, -0.15) is 0 Å². The lowest BCUT2D eigenvalue weighted by Crippen LogP contribution is -2.15. The highest BCUT2D eigenvalue weighted by molar-refractivity contribution is 9.10. The van der Waals surface area contributed by atoms with E-state index in [1.807, 2.05) is 0 Å². The van der Waals surface area contributed by atoms with E-state index in [1.54, 1.807) is 31.4 Å². The summed E-state index contributed by atoms with van der Waals surface area (Å²) >= 11 is 3.21. The molecule has 1 heterocycles. The van der Waals surface area contributed by atoms with E-state index in [0.29, 0.717) is 16.6 Å². The first-order valence-electron chi connectivity index (χ1n) is 5.41. The quantitative estimate of drug-likeness (QED) is 0.946. The van der Waals surface area contributed by atoms with Gasteiger partial charge in [0.05, 0.1) is 5.69 Å². The molecule has 0 aliphatic rings. The average molecular weight is 311 g/mol. The summed E-state index contributed by atoms with van der Waals surface area (Å²) in [4.78, 5) is 11.2. The Hall–Kier alpha value is -1.62. The number of rotatable bonds is 3. The lowest BCUT2D eigenvalue weighted by Gasteiger charge is -2.08. The van der Waals surface area contributed by atoms with Crippen molar-refractivity contribution >= 4 is 21.6 Å². The van der Waals surface area contributed by atoms with Crippen molar-refractivity contribution in [1.82, 2.24) is 4.57 Å². The Morgan fingerprint density at radius 3 is 2.78 bits per heavy atom. The minimum Gasteiger partial charge on any atom is -0.380 e. The highest BCUT2D eigenvalue weighted by Gasteiger charge is 2.02. The van der Waals surface area contributed by atoms with Crippen LogP contribution in [-0.4, -0.2) is 4.57 Å². The summed E-state index contributed by atoms with van der Waals surface area (Å²) in [7, 11) is 1.67. The summed E-state index contributed by atoms with van der Waals surface area (Å²) < 4.78 is 15.8. The number of halogens is 2. The first-order valence-corrected chi connectivity index (χ1v) is 6.20. The molecule has 0 saturated carbocycles. The van der Waals surface area contributed by atoms with E-state index in [1.165, 1.54) is 16.7 Å². The van der Waals surface area contributed by atoms with Crippen LogP contribution in [0.15, 0.2) is 45.8 Å². The van der Waals surface area contributed by atoms with Crippen LogP contribution in [0, 0.1) is 5.82 Å². The molecule has 2 aromatic rings. The Morgan fingerprint density at radius 1 is 1.33 bits per heavy atom. The summed E-state index contributed by atoms with van der Waals surface area (Å²) in [6.07, 6.45) is 1.68. The van der Waals surface area contributed by atoms with Gasteiger partial charge in [0.25, 0.3) is 0 Å². The Bertz CT molecular complexity index is 625. The third-order valence-corrected chi connectivity index (χ3v) is 3.08. The fourth-order valence-electron chi connectivity index (χ4n) is 1.56. The van der Waals surface area contributed by atoms with E-state index < -0.39 is 0 Å². The standard InChI is InChI=1S/C13H12BrFN2O/c1-17-8-11(4-5-13(17)18)16-7-9-2-3-10(14)6-12(9)15/h2-6,8,16H,7H2,1H3. The van der Waals surface area contributed by atoms with E-state index in [-0.39, 0.29) is 11.4 Å². The predicted octanol–water partition coefficient (Wildman–Crippen LogP) is 2.90. The molecular formula is C13H12BrFN2O. The smallest absolute Gasteiger partial charge is 0.250 e. The maximum atomic E-state index is 13.6. The van der Waals surface area contributed by atoms with Crippen LogP contribution in [0.5, 0.6) is 0 Å². The van der Waals surface area contributed by atoms with Crippen LogP contribution in [0.25, 0.3) is 0 Å². The van der Waals surface area contributed by atoms with Crippen LogP contribution in [0.4, 0.5) is 10.1 Å². The van der Waals surface area contributed by atoms with Crippen molar-refractivity contribution in [3.05, 3.63) is 62.7 Å². The Balaban J connectivity index is 2.11. The molecule has 94 valence electrons. The highest BCUT2D eigenvalue weighted by Crippen LogP contribution is 2.16. The van der Waals surface area contributed by atoms with Crippen molar-refractivity contribution in [2.24, 2.45) is 7.05 Å². The number of aromatic nitrogens is 1.